The van der Waals surface area contributed by atoms with Gasteiger partial charge in [-0.2, -0.15) is 0 Å². The number of aliphatic hydroxyl groups is 1. The minimum Gasteiger partial charge on any atom is -0.459 e. The number of nitrogens with one attached hydrogen (secondary N) is 1. The number of carbonyl (C=O) groups excluding carboxylic acids is 4. The van der Waals surface area contributed by atoms with Gasteiger partial charge in [0.05, 0.1) is 31.8 Å². The van der Waals surface area contributed by atoms with Gasteiger partial charge in [0.25, 0.3) is 5.91 Å². The van der Waals surface area contributed by atoms with Crippen LogP contribution in [0.4, 0.5) is 4.79 Å². The summed E-state index contributed by atoms with van der Waals surface area (Å²) >= 11 is 0. The molecule has 7 rings (SSSR count). The van der Waals surface area contributed by atoms with E-state index in [1.807, 2.05) is 124 Å². The summed E-state index contributed by atoms with van der Waals surface area (Å²) in [5.41, 5.74) is 5.32. The van der Waals surface area contributed by atoms with Crippen LogP contribution < -0.4 is 5.32 Å². The molecular weight excluding hydrogens is 751 g/mol. The van der Waals surface area contributed by atoms with E-state index in [-0.39, 0.29) is 62.2 Å². The van der Waals surface area contributed by atoms with Crippen LogP contribution in [0.2, 0.25) is 0 Å². The van der Waals surface area contributed by atoms with Gasteiger partial charge in [-0.05, 0) is 85.7 Å². The number of hydrogen-bond acceptors (Lipinski definition) is 10. The zero-order chi connectivity index (χ0) is 41.7. The molecule has 0 saturated carbocycles. The summed E-state index contributed by atoms with van der Waals surface area (Å²) in [6.07, 6.45) is -0.639. The van der Waals surface area contributed by atoms with Crippen molar-refractivity contribution in [2.24, 2.45) is 5.92 Å². The highest BCUT2D eigenvalue weighted by Crippen LogP contribution is 2.43. The fourth-order valence-electron chi connectivity index (χ4n) is 8.01. The van der Waals surface area contributed by atoms with Crippen molar-refractivity contribution in [2.75, 3.05) is 13.1 Å². The molecule has 0 bridgehead atoms. The fraction of sp³-hybridized carbons (Fsp3) is 0.404. The maximum Gasteiger partial charge on any atom is 0.408 e. The second kappa shape index (κ2) is 18.3. The highest BCUT2D eigenvalue weighted by Gasteiger charge is 2.43. The van der Waals surface area contributed by atoms with Crippen molar-refractivity contribution in [2.45, 2.75) is 103 Å². The van der Waals surface area contributed by atoms with Crippen molar-refractivity contribution >= 4 is 23.9 Å². The van der Waals surface area contributed by atoms with Gasteiger partial charge in [-0.1, -0.05) is 97.9 Å². The Kier molecular flexibility index (Phi) is 12.9. The molecule has 3 saturated heterocycles. The maximum atomic E-state index is 13.3. The standard InChI is InChI=1S/C47H53N3O9/c1-30-40(27-49-22-10-17-39(49)44(54)59-47(2,3)4)57-45(58-42(30)34-20-18-31(28-51)19-21-34)37-16-9-15-36(24-37)35-14-8-13-33(23-35)26-50-41(52)25-38(43(50)53)48-46(55)56-29-32-11-6-5-7-12-32/h5-9,11-16,18-21,23-24,30,38-40,42,45,51H,10,17,22,25-29H2,1-4H3,(H,48,55)/t30-,38?,39+,40+,42+,45+/m1/s1. The molecule has 4 aromatic rings. The van der Waals surface area contributed by atoms with Crippen molar-refractivity contribution < 1.29 is 43.2 Å². The van der Waals surface area contributed by atoms with Crippen LogP contribution in [0.3, 0.4) is 0 Å². The number of nitrogens with zero attached hydrogens (tertiary/aromatic N) is 2. The first-order valence-electron chi connectivity index (χ1n) is 20.3. The van der Waals surface area contributed by atoms with Gasteiger partial charge in [-0.15, -0.1) is 0 Å². The molecule has 3 fully saturated rings. The third-order valence-electron chi connectivity index (χ3n) is 11.1. The number of imide groups is 1. The number of benzene rings is 4. The zero-order valence-corrected chi connectivity index (χ0v) is 34.0. The lowest BCUT2D eigenvalue weighted by Gasteiger charge is -2.43. The van der Waals surface area contributed by atoms with Crippen molar-refractivity contribution in [3.05, 3.63) is 131 Å². The SMILES string of the molecule is C[C@@H]1[C@H](CN2CCC[C@H]2C(=O)OC(C)(C)C)O[C@H](c2cccc(-c3cccc(CN4C(=O)CC(NC(=O)OCc5ccccc5)C4=O)c3)c2)O[C@@H]1c1ccc(CO)cc1. The quantitative estimate of drug-likeness (QED) is 0.114. The van der Waals surface area contributed by atoms with Crippen LogP contribution in [0.1, 0.15) is 87.2 Å². The molecule has 0 radical (unpaired) electrons. The van der Waals surface area contributed by atoms with Crippen LogP contribution in [0.15, 0.2) is 103 Å². The lowest BCUT2D eigenvalue weighted by atomic mass is 9.89. The molecule has 12 nitrogen and oxygen atoms in total. The summed E-state index contributed by atoms with van der Waals surface area (Å²) in [6.45, 7) is 9.08. The Bertz CT molecular complexity index is 2120. The lowest BCUT2D eigenvalue weighted by molar-refractivity contribution is -0.276. The molecule has 1 unspecified atom stereocenters. The number of aliphatic hydroxyl groups excluding tert-OH is 1. The van der Waals surface area contributed by atoms with Crippen LogP contribution in [-0.4, -0.2) is 75.7 Å². The van der Waals surface area contributed by atoms with E-state index >= 15 is 0 Å². The molecule has 3 amide bonds. The van der Waals surface area contributed by atoms with Crippen LogP contribution in [0.5, 0.6) is 0 Å². The van der Waals surface area contributed by atoms with Crippen LogP contribution in [0, 0.1) is 5.92 Å². The monoisotopic (exact) mass is 803 g/mol. The van der Waals surface area contributed by atoms with Gasteiger partial charge in [0.15, 0.2) is 6.29 Å². The van der Waals surface area contributed by atoms with Gasteiger partial charge in [-0.25, -0.2) is 4.79 Å². The topological polar surface area (TPSA) is 144 Å². The predicted octanol–water partition coefficient (Wildman–Crippen LogP) is 7.00. The Morgan fingerprint density at radius 2 is 1.56 bits per heavy atom. The van der Waals surface area contributed by atoms with Crippen LogP contribution in [-0.2, 0) is 53.1 Å². The number of alkyl carbamates (subject to hydrolysis) is 1. The van der Waals surface area contributed by atoms with Gasteiger partial charge >= 0.3 is 12.1 Å². The summed E-state index contributed by atoms with van der Waals surface area (Å²) in [7, 11) is 0. The molecule has 0 spiro atoms. The molecule has 6 atom stereocenters. The van der Waals surface area contributed by atoms with E-state index in [2.05, 4.69) is 17.1 Å². The van der Waals surface area contributed by atoms with Gasteiger partial charge in [-0.3, -0.25) is 24.2 Å². The number of carbonyl (C=O) groups is 4. The number of esters is 1. The van der Waals surface area contributed by atoms with E-state index < -0.39 is 29.9 Å². The molecule has 0 aliphatic carbocycles. The van der Waals surface area contributed by atoms with Crippen molar-refractivity contribution in [3.8, 4) is 11.1 Å². The molecule has 310 valence electrons. The minimum absolute atomic E-state index is 0.0482. The van der Waals surface area contributed by atoms with Crippen molar-refractivity contribution in [1.29, 1.82) is 0 Å². The highest BCUT2D eigenvalue weighted by molar-refractivity contribution is 6.06. The fourth-order valence-corrected chi connectivity index (χ4v) is 8.01. The first-order chi connectivity index (χ1) is 28.3. The molecule has 0 aromatic heterocycles. The minimum atomic E-state index is -1.00. The van der Waals surface area contributed by atoms with E-state index in [1.54, 1.807) is 0 Å². The largest absolute Gasteiger partial charge is 0.459 e. The molecule has 12 heteroatoms. The molecule has 59 heavy (non-hydrogen) atoms. The smallest absolute Gasteiger partial charge is 0.408 e. The van der Waals surface area contributed by atoms with E-state index in [1.165, 1.54) is 4.90 Å². The van der Waals surface area contributed by atoms with E-state index in [9.17, 15) is 24.3 Å². The number of likely N-dealkylation sites (tertiary alicyclic amines) is 2. The van der Waals surface area contributed by atoms with Crippen LogP contribution in [0.25, 0.3) is 11.1 Å². The Balaban J connectivity index is 1.06. The normalized spacial score (nSPS) is 23.6. The van der Waals surface area contributed by atoms with Gasteiger partial charge < -0.3 is 29.4 Å². The van der Waals surface area contributed by atoms with Crippen molar-refractivity contribution in [1.82, 2.24) is 15.1 Å². The van der Waals surface area contributed by atoms with Gasteiger partial charge in [0.1, 0.15) is 24.3 Å². The Morgan fingerprint density at radius 1 is 0.847 bits per heavy atom. The lowest BCUT2D eigenvalue weighted by Crippen LogP contribution is -2.48. The number of hydrogen-bond donors (Lipinski definition) is 2. The van der Waals surface area contributed by atoms with Gasteiger partial charge in [0, 0.05) is 18.0 Å². The van der Waals surface area contributed by atoms with Crippen molar-refractivity contribution in [3.63, 3.8) is 0 Å². The summed E-state index contributed by atoms with van der Waals surface area (Å²) in [4.78, 5) is 55.4. The molecule has 3 aliphatic rings. The number of amides is 3. The predicted molar refractivity (Wildman–Crippen MR) is 219 cm³/mol. The average Bonchev–Trinajstić information content (AvgIpc) is 3.80. The van der Waals surface area contributed by atoms with Crippen LogP contribution >= 0.6 is 0 Å². The van der Waals surface area contributed by atoms with E-state index in [0.717, 1.165) is 58.3 Å². The number of rotatable bonds is 12. The van der Waals surface area contributed by atoms with E-state index in [4.69, 9.17) is 18.9 Å². The first-order valence-corrected chi connectivity index (χ1v) is 20.3. The number of ether oxygens (including phenoxy) is 4. The Labute approximate surface area is 345 Å². The maximum absolute atomic E-state index is 13.3. The molecule has 3 aliphatic heterocycles. The summed E-state index contributed by atoms with van der Waals surface area (Å²) < 4.78 is 24.6. The average molecular weight is 804 g/mol. The second-order valence-corrected chi connectivity index (χ2v) is 16.6. The first kappa shape index (κ1) is 41.7. The van der Waals surface area contributed by atoms with E-state index in [0.29, 0.717) is 6.54 Å². The summed E-state index contributed by atoms with van der Waals surface area (Å²) in [5, 5.41) is 12.2. The summed E-state index contributed by atoms with van der Waals surface area (Å²) in [6, 6.07) is 31.2. The molecule has 4 aromatic carbocycles. The Morgan fingerprint density at radius 3 is 2.29 bits per heavy atom. The molecule has 2 N–H and O–H groups in total. The third-order valence-corrected chi connectivity index (χ3v) is 11.1. The third kappa shape index (κ3) is 10.3. The highest BCUT2D eigenvalue weighted by atomic mass is 16.7. The second-order valence-electron chi connectivity index (χ2n) is 16.6. The van der Waals surface area contributed by atoms with Gasteiger partial charge in [0.2, 0.25) is 5.91 Å². The Hall–Kier alpha value is -5.40. The molecule has 3 heterocycles. The molecular formula is C47H53N3O9. The zero-order valence-electron chi connectivity index (χ0n) is 34.0. The summed E-state index contributed by atoms with van der Waals surface area (Å²) in [5.74, 6) is -1.15.